The second kappa shape index (κ2) is 8.78. The van der Waals surface area contributed by atoms with Crippen molar-refractivity contribution in [2.24, 2.45) is 0 Å². The number of hydrogen-bond acceptors (Lipinski definition) is 7. The van der Waals surface area contributed by atoms with Gasteiger partial charge in [0.05, 0.1) is 17.6 Å². The Morgan fingerprint density at radius 1 is 1.21 bits per heavy atom. The fourth-order valence-corrected chi connectivity index (χ4v) is 4.10. The van der Waals surface area contributed by atoms with E-state index in [2.05, 4.69) is 14.8 Å². The molecule has 0 saturated carbocycles. The molecule has 0 radical (unpaired) electrons. The predicted molar refractivity (Wildman–Crippen MR) is 102 cm³/mol. The van der Waals surface area contributed by atoms with E-state index >= 15 is 0 Å². The summed E-state index contributed by atoms with van der Waals surface area (Å²) < 4.78 is 37.7. The Kier molecular flexibility index (Phi) is 6.85. The fraction of sp³-hybridized carbons (Fsp3) is 0.500. The average molecular weight is 427 g/mol. The Morgan fingerprint density at radius 3 is 2.34 bits per heavy atom. The van der Waals surface area contributed by atoms with Gasteiger partial charge in [-0.2, -0.15) is 0 Å². The van der Waals surface area contributed by atoms with Gasteiger partial charge in [-0.05, 0) is 45.0 Å². The first-order chi connectivity index (χ1) is 13.5. The molecule has 11 heteroatoms. The lowest BCUT2D eigenvalue weighted by molar-refractivity contribution is -0.110. The molecule has 1 aromatic carbocycles. The van der Waals surface area contributed by atoms with Crippen molar-refractivity contribution >= 4 is 28.5 Å². The number of carbonyl (C=O) groups is 3. The number of methoxy groups -OCH3 is 1. The SMILES string of the molecule is COC(=O)c1ccc(S(=O)(=O)N[C@@H]2C[C@@H](NC=O)N(C(=O)OC(C)(C)C)C2)cc1. The second-order valence-corrected chi connectivity index (χ2v) is 9.22. The van der Waals surface area contributed by atoms with E-state index in [1.165, 1.54) is 36.3 Å². The van der Waals surface area contributed by atoms with E-state index in [4.69, 9.17) is 4.74 Å². The van der Waals surface area contributed by atoms with Crippen LogP contribution in [0.15, 0.2) is 29.2 Å². The van der Waals surface area contributed by atoms with Crippen LogP contribution in [0.3, 0.4) is 0 Å². The number of likely N-dealkylation sites (tertiary alicyclic amines) is 1. The number of amides is 2. The van der Waals surface area contributed by atoms with Crippen LogP contribution < -0.4 is 10.0 Å². The van der Waals surface area contributed by atoms with Gasteiger partial charge in [-0.1, -0.05) is 0 Å². The van der Waals surface area contributed by atoms with Crippen LogP contribution >= 0.6 is 0 Å². The maximum atomic E-state index is 12.7. The lowest BCUT2D eigenvalue weighted by Crippen LogP contribution is -2.46. The fourth-order valence-electron chi connectivity index (χ4n) is 2.86. The number of hydrogen-bond donors (Lipinski definition) is 2. The summed E-state index contributed by atoms with van der Waals surface area (Å²) in [6.07, 6.45) is -0.722. The monoisotopic (exact) mass is 427 g/mol. The molecule has 1 fully saturated rings. The largest absolute Gasteiger partial charge is 0.465 e. The van der Waals surface area contributed by atoms with Gasteiger partial charge in [-0.15, -0.1) is 0 Å². The standard InChI is InChI=1S/C18H25N3O7S/c1-18(2,3)28-17(24)21-10-13(9-15(21)19-11-22)20-29(25,26)14-7-5-12(6-8-14)16(23)27-4/h5-8,11,13,15,20H,9-10H2,1-4H3,(H,19,22)/t13-,15+/m1/s1. The van der Waals surface area contributed by atoms with Crippen molar-refractivity contribution in [3.8, 4) is 0 Å². The number of benzene rings is 1. The Morgan fingerprint density at radius 2 is 1.83 bits per heavy atom. The zero-order valence-electron chi connectivity index (χ0n) is 16.7. The smallest absolute Gasteiger partial charge is 0.411 e. The number of carbonyl (C=O) groups excluding carboxylic acids is 3. The topological polar surface area (TPSA) is 131 Å². The number of ether oxygens (including phenoxy) is 2. The third-order valence-corrected chi connectivity index (χ3v) is 5.63. The summed E-state index contributed by atoms with van der Waals surface area (Å²) in [6, 6.07) is 4.63. The average Bonchev–Trinajstić information content (AvgIpc) is 3.02. The predicted octanol–water partition coefficient (Wildman–Crippen LogP) is 0.833. The van der Waals surface area contributed by atoms with E-state index in [1.807, 2.05) is 0 Å². The summed E-state index contributed by atoms with van der Waals surface area (Å²) >= 11 is 0. The highest BCUT2D eigenvalue weighted by molar-refractivity contribution is 7.89. The van der Waals surface area contributed by atoms with Gasteiger partial charge in [0.1, 0.15) is 11.8 Å². The third-order valence-electron chi connectivity index (χ3n) is 4.10. The molecule has 2 rings (SSSR count). The van der Waals surface area contributed by atoms with Gasteiger partial charge in [0.15, 0.2) is 0 Å². The maximum Gasteiger partial charge on any atom is 0.411 e. The van der Waals surface area contributed by atoms with Crippen LogP contribution in [0.1, 0.15) is 37.6 Å². The molecule has 2 atom stereocenters. The van der Waals surface area contributed by atoms with E-state index in [9.17, 15) is 22.8 Å². The molecule has 0 spiro atoms. The molecule has 0 unspecified atom stereocenters. The quantitative estimate of drug-likeness (QED) is 0.508. The first kappa shape index (κ1) is 22.6. The van der Waals surface area contributed by atoms with Crippen molar-refractivity contribution in [1.29, 1.82) is 0 Å². The van der Waals surface area contributed by atoms with Gasteiger partial charge in [0.25, 0.3) is 0 Å². The van der Waals surface area contributed by atoms with Crippen molar-refractivity contribution < 1.29 is 32.3 Å². The molecule has 0 aliphatic carbocycles. The van der Waals surface area contributed by atoms with Crippen LogP contribution in [0.5, 0.6) is 0 Å². The number of rotatable bonds is 6. The molecule has 1 aromatic rings. The van der Waals surface area contributed by atoms with E-state index in [0.717, 1.165) is 0 Å². The highest BCUT2D eigenvalue weighted by Crippen LogP contribution is 2.21. The molecule has 2 amide bonds. The van der Waals surface area contributed by atoms with Crippen LogP contribution in [0.2, 0.25) is 0 Å². The third kappa shape index (κ3) is 5.91. The Bertz CT molecular complexity index is 862. The maximum absolute atomic E-state index is 12.7. The van der Waals surface area contributed by atoms with E-state index in [1.54, 1.807) is 20.8 Å². The molecule has 1 aliphatic heterocycles. The minimum Gasteiger partial charge on any atom is -0.465 e. The summed E-state index contributed by atoms with van der Waals surface area (Å²) in [6.45, 7) is 5.16. The highest BCUT2D eigenvalue weighted by atomic mass is 32.2. The van der Waals surface area contributed by atoms with Crippen LogP contribution in [-0.2, 0) is 24.3 Å². The summed E-state index contributed by atoms with van der Waals surface area (Å²) in [4.78, 5) is 36.0. The molecule has 2 N–H and O–H groups in total. The zero-order valence-corrected chi connectivity index (χ0v) is 17.5. The van der Waals surface area contributed by atoms with Crippen molar-refractivity contribution in [3.05, 3.63) is 29.8 Å². The molecule has 0 bridgehead atoms. The molecule has 10 nitrogen and oxygen atoms in total. The first-order valence-corrected chi connectivity index (χ1v) is 10.3. The normalized spacial score (nSPS) is 19.5. The summed E-state index contributed by atoms with van der Waals surface area (Å²) in [7, 11) is -2.68. The number of nitrogens with zero attached hydrogens (tertiary/aromatic N) is 1. The number of esters is 1. The molecule has 1 aliphatic rings. The van der Waals surface area contributed by atoms with Gasteiger partial charge < -0.3 is 14.8 Å². The molecular formula is C18H25N3O7S. The van der Waals surface area contributed by atoms with E-state index < -0.39 is 39.9 Å². The highest BCUT2D eigenvalue weighted by Gasteiger charge is 2.39. The lowest BCUT2D eigenvalue weighted by Gasteiger charge is -2.28. The van der Waals surface area contributed by atoms with E-state index in [0.29, 0.717) is 6.41 Å². The molecule has 1 saturated heterocycles. The molecule has 160 valence electrons. The van der Waals surface area contributed by atoms with Crippen molar-refractivity contribution in [1.82, 2.24) is 14.9 Å². The molecule has 0 aromatic heterocycles. The Balaban J connectivity index is 2.13. The summed E-state index contributed by atoms with van der Waals surface area (Å²) in [5.41, 5.74) is -0.513. The van der Waals surface area contributed by atoms with Gasteiger partial charge in [0, 0.05) is 19.0 Å². The van der Waals surface area contributed by atoms with Gasteiger partial charge in [0.2, 0.25) is 16.4 Å². The van der Waals surface area contributed by atoms with Gasteiger partial charge >= 0.3 is 12.1 Å². The lowest BCUT2D eigenvalue weighted by atomic mass is 10.2. The van der Waals surface area contributed by atoms with Crippen LogP contribution in [-0.4, -0.2) is 63.3 Å². The van der Waals surface area contributed by atoms with Crippen molar-refractivity contribution in [2.75, 3.05) is 13.7 Å². The minimum atomic E-state index is -3.91. The van der Waals surface area contributed by atoms with E-state index in [-0.39, 0.29) is 23.4 Å². The zero-order chi connectivity index (χ0) is 21.8. The van der Waals surface area contributed by atoms with Crippen LogP contribution in [0.4, 0.5) is 4.79 Å². The molecule has 29 heavy (non-hydrogen) atoms. The van der Waals surface area contributed by atoms with Crippen LogP contribution in [0, 0.1) is 0 Å². The number of sulfonamides is 1. The van der Waals surface area contributed by atoms with Crippen molar-refractivity contribution in [3.63, 3.8) is 0 Å². The summed E-state index contributed by atoms with van der Waals surface area (Å²) in [5, 5.41) is 2.50. The second-order valence-electron chi connectivity index (χ2n) is 7.50. The Hall–Kier alpha value is -2.66. The molecule has 1 heterocycles. The van der Waals surface area contributed by atoms with Gasteiger partial charge in [-0.3, -0.25) is 9.69 Å². The Labute approximate surface area is 169 Å². The minimum absolute atomic E-state index is 0.0277. The van der Waals surface area contributed by atoms with Gasteiger partial charge in [-0.25, -0.2) is 22.7 Å². The van der Waals surface area contributed by atoms with Crippen LogP contribution in [0.25, 0.3) is 0 Å². The van der Waals surface area contributed by atoms with Crippen molar-refractivity contribution in [2.45, 2.75) is 49.9 Å². The summed E-state index contributed by atoms with van der Waals surface area (Å²) in [5.74, 6) is -0.575. The molecular weight excluding hydrogens is 402 g/mol. The first-order valence-electron chi connectivity index (χ1n) is 8.87. The number of nitrogens with one attached hydrogen (secondary N) is 2.